The summed E-state index contributed by atoms with van der Waals surface area (Å²) in [7, 11) is 0. The topological polar surface area (TPSA) is 91.6 Å². The molecule has 0 N–H and O–H groups in total. The number of hydrogen-bond donors (Lipinski definition) is 0. The Hall–Kier alpha value is -4.50. The van der Waals surface area contributed by atoms with Crippen LogP contribution in [0.2, 0.25) is 0 Å². The van der Waals surface area contributed by atoms with Gasteiger partial charge in [-0.1, -0.05) is 62.9 Å². The Kier molecular flexibility index (Phi) is 11.0. The quantitative estimate of drug-likeness (QED) is 0.0862. The Labute approximate surface area is 282 Å². The number of aromatic nitrogens is 5. The van der Waals surface area contributed by atoms with Gasteiger partial charge in [0.05, 0.1) is 11.4 Å². The van der Waals surface area contributed by atoms with Crippen molar-refractivity contribution in [1.29, 1.82) is 0 Å². The molecule has 0 saturated carbocycles. The molecule has 0 unspecified atom stereocenters. The van der Waals surface area contributed by atoms with Crippen LogP contribution >= 0.6 is 23.3 Å². The normalized spacial score (nSPS) is 12.7. The van der Waals surface area contributed by atoms with Gasteiger partial charge in [0.2, 0.25) is 4.80 Å². The van der Waals surface area contributed by atoms with Crippen molar-refractivity contribution in [3.63, 3.8) is 0 Å². The van der Waals surface area contributed by atoms with Gasteiger partial charge in [0.15, 0.2) is 11.0 Å². The zero-order valence-electron chi connectivity index (χ0n) is 26.6. The number of nitrogens with zero attached hydrogens (tertiary/aromatic N) is 7. The van der Waals surface area contributed by atoms with E-state index in [1.807, 2.05) is 52.0 Å². The monoisotopic (exact) mass is 699 g/mol. The maximum atomic E-state index is 14.4. The van der Waals surface area contributed by atoms with Crippen molar-refractivity contribution in [1.82, 2.24) is 23.3 Å². The lowest BCUT2D eigenvalue weighted by Gasteiger charge is -2.13. The van der Waals surface area contributed by atoms with Crippen LogP contribution < -0.4 is 15.2 Å². The molecule has 2 heterocycles. The predicted molar refractivity (Wildman–Crippen MR) is 181 cm³/mol. The molecule has 0 spiro atoms. The first-order valence-electron chi connectivity index (χ1n) is 15.2. The molecule has 0 aliphatic rings. The first-order chi connectivity index (χ1) is 23.0. The van der Waals surface area contributed by atoms with Crippen molar-refractivity contribution in [3.05, 3.63) is 105 Å². The van der Waals surface area contributed by atoms with Crippen LogP contribution in [0.1, 0.15) is 44.7 Å². The van der Waals surface area contributed by atoms with Crippen molar-refractivity contribution in [2.45, 2.75) is 52.9 Å². The van der Waals surface area contributed by atoms with Crippen LogP contribution in [0.15, 0.2) is 87.8 Å². The Morgan fingerprint density at radius 2 is 1.77 bits per heavy atom. The first kappa shape index (κ1) is 34.8. The molecule has 15 heteroatoms. The Balaban J connectivity index is 1.32. The van der Waals surface area contributed by atoms with Gasteiger partial charge in [-0.05, 0) is 84.1 Å². The third-order valence-electron chi connectivity index (χ3n) is 7.08. The van der Waals surface area contributed by atoms with E-state index >= 15 is 0 Å². The third-order valence-corrected chi connectivity index (χ3v) is 8.92. The summed E-state index contributed by atoms with van der Waals surface area (Å²) in [6, 6.07) is 17.5. The molecule has 3 aromatic carbocycles. The molecule has 5 rings (SSSR count). The standard InChI is InChI=1S/C33H33F4N7O2S2/c1-5-43-32(45)44(28-19-24(34)11-16-27(28)21(3)4)31(48-43)40-30(47-6-2)38-18-17-22-7-9-23(10-8-22)29-39-20-42(41-29)25-12-14-26(15-13-25)46-33(35,36)37/h7-16,19-21H,5-6,17-18H2,1-4H3. The fourth-order valence-corrected chi connectivity index (χ4v) is 6.31. The number of ether oxygens (including phenoxy) is 1. The molecule has 0 aliphatic heterocycles. The zero-order chi connectivity index (χ0) is 34.4. The maximum absolute atomic E-state index is 14.4. The number of rotatable bonds is 10. The smallest absolute Gasteiger partial charge is 0.406 e. The number of amidine groups is 1. The highest BCUT2D eigenvalue weighted by molar-refractivity contribution is 8.13. The summed E-state index contributed by atoms with van der Waals surface area (Å²) < 4.78 is 60.2. The van der Waals surface area contributed by atoms with Crippen LogP contribution in [-0.4, -0.2) is 47.1 Å². The minimum Gasteiger partial charge on any atom is -0.406 e. The van der Waals surface area contributed by atoms with E-state index in [1.165, 1.54) is 75.3 Å². The van der Waals surface area contributed by atoms with E-state index in [4.69, 9.17) is 9.98 Å². The molecule has 0 saturated heterocycles. The molecule has 5 aromatic rings. The highest BCUT2D eigenvalue weighted by Crippen LogP contribution is 2.25. The summed E-state index contributed by atoms with van der Waals surface area (Å²) in [6.45, 7) is 8.78. The number of thioether (sulfide) groups is 1. The van der Waals surface area contributed by atoms with Crippen LogP contribution in [-0.2, 0) is 13.0 Å². The van der Waals surface area contributed by atoms with E-state index in [0.717, 1.165) is 22.4 Å². The van der Waals surface area contributed by atoms with Gasteiger partial charge < -0.3 is 4.74 Å². The van der Waals surface area contributed by atoms with Crippen LogP contribution in [0.3, 0.4) is 0 Å². The molecule has 48 heavy (non-hydrogen) atoms. The molecule has 0 aliphatic carbocycles. The maximum Gasteiger partial charge on any atom is 0.573 e. The summed E-state index contributed by atoms with van der Waals surface area (Å²) in [5.41, 5.74) is 3.38. The molecule has 0 fully saturated rings. The average Bonchev–Trinajstić information content (AvgIpc) is 3.65. The van der Waals surface area contributed by atoms with Gasteiger partial charge in [-0.2, -0.15) is 4.99 Å². The second kappa shape index (κ2) is 15.2. The number of aryl methyl sites for hydroxylation is 1. The average molecular weight is 700 g/mol. The summed E-state index contributed by atoms with van der Waals surface area (Å²) in [5, 5.41) is 4.98. The van der Waals surface area contributed by atoms with Crippen LogP contribution in [0.5, 0.6) is 5.75 Å². The highest BCUT2D eigenvalue weighted by Gasteiger charge is 2.31. The number of halogens is 4. The lowest BCUT2D eigenvalue weighted by atomic mass is 10.0. The molecule has 0 atom stereocenters. The van der Waals surface area contributed by atoms with Crippen LogP contribution in [0.4, 0.5) is 17.6 Å². The molecule has 0 bridgehead atoms. The minimum atomic E-state index is -4.76. The lowest BCUT2D eigenvalue weighted by molar-refractivity contribution is -0.274. The van der Waals surface area contributed by atoms with Crippen molar-refractivity contribution >= 4 is 28.5 Å². The van der Waals surface area contributed by atoms with E-state index in [9.17, 15) is 22.4 Å². The van der Waals surface area contributed by atoms with E-state index < -0.39 is 12.2 Å². The predicted octanol–water partition coefficient (Wildman–Crippen LogP) is 7.38. The molecule has 9 nitrogen and oxygen atoms in total. The van der Waals surface area contributed by atoms with Crippen molar-refractivity contribution < 1.29 is 22.3 Å². The Bertz CT molecular complexity index is 2010. The summed E-state index contributed by atoms with van der Waals surface area (Å²) in [5.74, 6) is 0.500. The minimum absolute atomic E-state index is 0.0638. The van der Waals surface area contributed by atoms with Crippen molar-refractivity contribution in [2.75, 3.05) is 12.3 Å². The van der Waals surface area contributed by atoms with Crippen molar-refractivity contribution in [2.24, 2.45) is 9.98 Å². The fourth-order valence-electron chi connectivity index (χ4n) is 4.79. The van der Waals surface area contributed by atoms with E-state index in [-0.39, 0.29) is 17.4 Å². The zero-order valence-corrected chi connectivity index (χ0v) is 28.2. The summed E-state index contributed by atoms with van der Waals surface area (Å²) in [6.07, 6.45) is -2.64. The summed E-state index contributed by atoms with van der Waals surface area (Å²) in [4.78, 5) is 27.7. The van der Waals surface area contributed by atoms with Gasteiger partial charge in [-0.3, -0.25) is 4.99 Å². The second-order valence-corrected chi connectivity index (χ2v) is 13.0. The van der Waals surface area contributed by atoms with E-state index in [1.54, 1.807) is 10.0 Å². The lowest BCUT2D eigenvalue weighted by Crippen LogP contribution is -2.29. The molecular weight excluding hydrogens is 667 g/mol. The van der Waals surface area contributed by atoms with Gasteiger partial charge in [-0.25, -0.2) is 27.4 Å². The third kappa shape index (κ3) is 8.50. The van der Waals surface area contributed by atoms with Crippen LogP contribution in [0, 0.1) is 5.82 Å². The van der Waals surface area contributed by atoms with Crippen molar-refractivity contribution in [3.8, 4) is 28.5 Å². The van der Waals surface area contributed by atoms with Gasteiger partial charge in [0.1, 0.15) is 17.9 Å². The number of hydrogen-bond acceptors (Lipinski definition) is 7. The number of aliphatic imine (C=N–C) groups is 1. The second-order valence-electron chi connectivity index (χ2n) is 10.8. The fraction of sp³-hybridized carbons (Fsp3) is 0.303. The van der Waals surface area contributed by atoms with Gasteiger partial charge >= 0.3 is 12.1 Å². The Morgan fingerprint density at radius 1 is 1.04 bits per heavy atom. The Morgan fingerprint density at radius 3 is 2.42 bits per heavy atom. The van der Waals surface area contributed by atoms with Gasteiger partial charge in [0.25, 0.3) is 0 Å². The molecule has 0 amide bonds. The van der Waals surface area contributed by atoms with E-state index in [2.05, 4.69) is 14.8 Å². The number of alkyl halides is 3. The summed E-state index contributed by atoms with van der Waals surface area (Å²) >= 11 is 2.68. The first-order valence-corrected chi connectivity index (χ1v) is 16.9. The van der Waals surface area contributed by atoms with Crippen LogP contribution in [0.25, 0.3) is 22.8 Å². The number of benzene rings is 3. The highest BCUT2D eigenvalue weighted by atomic mass is 32.2. The molecule has 252 valence electrons. The molecule has 2 aromatic heterocycles. The molecule has 0 radical (unpaired) electrons. The van der Waals surface area contributed by atoms with Gasteiger partial charge in [-0.15, -0.1) is 18.3 Å². The SMILES string of the molecule is CCSC(=NCCc1ccc(-c2ncn(-c3ccc(OC(F)(F)F)cc3)n2)cc1)N=c1sn(CC)c(=O)n1-c1cc(F)ccc1C(C)C. The largest absolute Gasteiger partial charge is 0.573 e. The van der Waals surface area contributed by atoms with Gasteiger partial charge in [0, 0.05) is 18.7 Å². The van der Waals surface area contributed by atoms with E-state index in [0.29, 0.717) is 46.7 Å². The molecular formula is C33H33F4N7O2S2.